The predicted molar refractivity (Wildman–Crippen MR) is 109 cm³/mol. The molecule has 0 spiro atoms. The number of ether oxygens (including phenoxy) is 2. The summed E-state index contributed by atoms with van der Waals surface area (Å²) in [6, 6.07) is 13.6. The van der Waals surface area contributed by atoms with Gasteiger partial charge >= 0.3 is 0 Å². The lowest BCUT2D eigenvalue weighted by molar-refractivity contribution is 0.394. The highest BCUT2D eigenvalue weighted by molar-refractivity contribution is 6.04. The number of rotatable bonds is 6. The van der Waals surface area contributed by atoms with Crippen LogP contribution in [0.5, 0.6) is 11.5 Å². The van der Waals surface area contributed by atoms with Crippen molar-refractivity contribution in [2.45, 2.75) is 13.5 Å². The molecule has 1 N–H and O–H groups in total. The third kappa shape index (κ3) is 3.09. The van der Waals surface area contributed by atoms with Gasteiger partial charge in [0.25, 0.3) is 5.95 Å². The van der Waals surface area contributed by atoms with E-state index >= 15 is 0 Å². The summed E-state index contributed by atoms with van der Waals surface area (Å²) in [6.07, 6.45) is 1.64. The second-order valence-corrected chi connectivity index (χ2v) is 6.05. The van der Waals surface area contributed by atoms with E-state index in [0.717, 1.165) is 34.2 Å². The Morgan fingerprint density at radius 1 is 1.11 bits per heavy atom. The van der Waals surface area contributed by atoms with Gasteiger partial charge in [-0.15, -0.1) is 10.2 Å². The van der Waals surface area contributed by atoms with Crippen molar-refractivity contribution < 1.29 is 9.47 Å². The third-order valence-corrected chi connectivity index (χ3v) is 4.50. The van der Waals surface area contributed by atoms with Crippen molar-refractivity contribution in [3.05, 3.63) is 48.0 Å². The molecule has 0 saturated heterocycles. The van der Waals surface area contributed by atoms with Gasteiger partial charge in [-0.05, 0) is 25.1 Å². The fraction of sp³-hybridized carbons (Fsp3) is 0.200. The maximum atomic E-state index is 5.37. The highest BCUT2D eigenvalue weighted by atomic mass is 16.5. The molecular weight excluding hydrogens is 356 g/mol. The zero-order valence-corrected chi connectivity index (χ0v) is 15.9. The maximum absolute atomic E-state index is 5.37. The van der Waals surface area contributed by atoms with Crippen molar-refractivity contribution in [3.8, 4) is 11.5 Å². The highest BCUT2D eigenvalue weighted by Crippen LogP contribution is 2.26. The van der Waals surface area contributed by atoms with E-state index in [-0.39, 0.29) is 0 Å². The van der Waals surface area contributed by atoms with Crippen LogP contribution in [-0.4, -0.2) is 40.2 Å². The first-order valence-corrected chi connectivity index (χ1v) is 8.88. The summed E-state index contributed by atoms with van der Waals surface area (Å²) < 4.78 is 12.7. The Morgan fingerprint density at radius 2 is 1.96 bits per heavy atom. The van der Waals surface area contributed by atoms with Gasteiger partial charge < -0.3 is 14.0 Å². The lowest BCUT2D eigenvalue weighted by atomic mass is 10.2. The average molecular weight is 376 g/mol. The summed E-state index contributed by atoms with van der Waals surface area (Å²) in [5.74, 6) is 1.70. The molecule has 0 radical (unpaired) electrons. The van der Waals surface area contributed by atoms with Gasteiger partial charge in [0.15, 0.2) is 5.65 Å². The van der Waals surface area contributed by atoms with Crippen molar-refractivity contribution in [2.75, 3.05) is 19.6 Å². The van der Waals surface area contributed by atoms with E-state index in [9.17, 15) is 0 Å². The van der Waals surface area contributed by atoms with Crippen LogP contribution >= 0.6 is 0 Å². The molecule has 0 unspecified atom stereocenters. The summed E-state index contributed by atoms with van der Waals surface area (Å²) in [6.45, 7) is 2.86. The van der Waals surface area contributed by atoms with Crippen LogP contribution in [0.3, 0.4) is 0 Å². The molecule has 4 aromatic rings. The average Bonchev–Trinajstić information content (AvgIpc) is 3.06. The first-order valence-electron chi connectivity index (χ1n) is 8.88. The topological polar surface area (TPSA) is 86.5 Å². The normalized spacial score (nSPS) is 11.4. The number of anilines is 1. The molecule has 0 aliphatic carbocycles. The molecule has 2 heterocycles. The van der Waals surface area contributed by atoms with Crippen molar-refractivity contribution >= 4 is 34.2 Å². The van der Waals surface area contributed by atoms with E-state index in [0.29, 0.717) is 17.4 Å². The molecule has 8 heteroatoms. The number of hydrogen-bond donors (Lipinski definition) is 1. The van der Waals surface area contributed by atoms with E-state index in [4.69, 9.17) is 9.47 Å². The van der Waals surface area contributed by atoms with Gasteiger partial charge in [-0.2, -0.15) is 10.1 Å². The summed E-state index contributed by atoms with van der Waals surface area (Å²) in [4.78, 5) is 4.60. The number of nitrogens with one attached hydrogen (secondary N) is 1. The second-order valence-electron chi connectivity index (χ2n) is 6.05. The zero-order valence-electron chi connectivity index (χ0n) is 15.9. The first kappa shape index (κ1) is 17.7. The number of hydrogen-bond acceptors (Lipinski definition) is 7. The molecule has 0 saturated carbocycles. The minimum absolute atomic E-state index is 0.328. The number of aromatic nitrogens is 4. The Labute approximate surface area is 161 Å². The van der Waals surface area contributed by atoms with Crippen molar-refractivity contribution in [3.63, 3.8) is 0 Å². The molecule has 28 heavy (non-hydrogen) atoms. The van der Waals surface area contributed by atoms with Gasteiger partial charge in [0.05, 0.1) is 26.0 Å². The summed E-state index contributed by atoms with van der Waals surface area (Å²) in [5, 5.41) is 13.8. The molecular formula is C20H20N6O2. The van der Waals surface area contributed by atoms with Gasteiger partial charge in [-0.25, -0.2) is 5.43 Å². The molecule has 0 fully saturated rings. The lowest BCUT2D eigenvalue weighted by Crippen LogP contribution is -2.02. The van der Waals surface area contributed by atoms with Crippen LogP contribution in [0.4, 0.5) is 5.95 Å². The van der Waals surface area contributed by atoms with E-state index in [2.05, 4.69) is 43.3 Å². The van der Waals surface area contributed by atoms with Crippen LogP contribution in [0.25, 0.3) is 22.1 Å². The SMILES string of the molecule is CCn1c2ccccc2c2nnc(N/N=C/c3ccc(OC)cc3OC)nc21. The number of aryl methyl sites for hydroxylation is 1. The van der Waals surface area contributed by atoms with Crippen LogP contribution in [-0.2, 0) is 6.54 Å². The van der Waals surface area contributed by atoms with Crippen LogP contribution in [0.2, 0.25) is 0 Å². The monoisotopic (exact) mass is 376 g/mol. The Kier molecular flexibility index (Phi) is 4.76. The molecule has 0 aliphatic heterocycles. The van der Waals surface area contributed by atoms with E-state index in [1.54, 1.807) is 26.5 Å². The number of nitrogens with zero attached hydrogens (tertiary/aromatic N) is 5. The summed E-state index contributed by atoms with van der Waals surface area (Å²) in [5.41, 5.74) is 6.29. The molecule has 142 valence electrons. The second kappa shape index (κ2) is 7.51. The quantitative estimate of drug-likeness (QED) is 0.410. The number of methoxy groups -OCH3 is 2. The minimum atomic E-state index is 0.328. The Balaban J connectivity index is 1.64. The largest absolute Gasteiger partial charge is 0.497 e. The predicted octanol–water partition coefficient (Wildman–Crippen LogP) is 3.46. The maximum Gasteiger partial charge on any atom is 0.265 e. The molecule has 0 amide bonds. The molecule has 0 atom stereocenters. The molecule has 4 rings (SSSR count). The Hall–Kier alpha value is -3.68. The number of fused-ring (bicyclic) bond motifs is 3. The van der Waals surface area contributed by atoms with Gasteiger partial charge in [0, 0.05) is 23.6 Å². The summed E-state index contributed by atoms with van der Waals surface area (Å²) >= 11 is 0. The standard InChI is InChI=1S/C20H20N6O2/c1-4-26-16-8-6-5-7-15(16)18-19(26)22-20(25-23-18)24-21-12-13-9-10-14(27-2)11-17(13)28-3/h5-12H,4H2,1-3H3,(H,22,24,25)/b21-12+. The summed E-state index contributed by atoms with van der Waals surface area (Å²) in [7, 11) is 3.21. The smallest absolute Gasteiger partial charge is 0.265 e. The third-order valence-electron chi connectivity index (χ3n) is 4.50. The van der Waals surface area contributed by atoms with Crippen LogP contribution in [0, 0.1) is 0 Å². The molecule has 0 aliphatic rings. The van der Waals surface area contributed by atoms with Crippen LogP contribution in [0.15, 0.2) is 47.6 Å². The van der Waals surface area contributed by atoms with Gasteiger partial charge in [-0.1, -0.05) is 18.2 Å². The molecule has 0 bridgehead atoms. The fourth-order valence-corrected chi connectivity index (χ4v) is 3.16. The zero-order chi connectivity index (χ0) is 19.5. The van der Waals surface area contributed by atoms with Crippen LogP contribution in [0.1, 0.15) is 12.5 Å². The van der Waals surface area contributed by atoms with Crippen LogP contribution < -0.4 is 14.9 Å². The minimum Gasteiger partial charge on any atom is -0.497 e. The number of hydrazone groups is 1. The fourth-order valence-electron chi connectivity index (χ4n) is 3.16. The lowest BCUT2D eigenvalue weighted by Gasteiger charge is -2.07. The van der Waals surface area contributed by atoms with Crippen molar-refractivity contribution in [1.82, 2.24) is 19.7 Å². The van der Waals surface area contributed by atoms with E-state index in [1.165, 1.54) is 0 Å². The molecule has 2 aromatic heterocycles. The molecule has 2 aromatic carbocycles. The molecule has 8 nitrogen and oxygen atoms in total. The van der Waals surface area contributed by atoms with E-state index in [1.807, 2.05) is 30.3 Å². The van der Waals surface area contributed by atoms with Gasteiger partial charge in [0.2, 0.25) is 0 Å². The first-order chi connectivity index (χ1) is 13.7. The Bertz CT molecular complexity index is 1170. The van der Waals surface area contributed by atoms with Gasteiger partial charge in [0.1, 0.15) is 17.0 Å². The highest BCUT2D eigenvalue weighted by Gasteiger charge is 2.13. The number of benzene rings is 2. The Morgan fingerprint density at radius 3 is 2.75 bits per heavy atom. The van der Waals surface area contributed by atoms with Crippen molar-refractivity contribution in [2.24, 2.45) is 5.10 Å². The van der Waals surface area contributed by atoms with E-state index < -0.39 is 0 Å². The number of para-hydroxylation sites is 1. The van der Waals surface area contributed by atoms with Crippen molar-refractivity contribution in [1.29, 1.82) is 0 Å². The van der Waals surface area contributed by atoms with Gasteiger partial charge in [-0.3, -0.25) is 0 Å².